The molecule has 0 spiro atoms. The maximum atomic E-state index is 18.9. The van der Waals surface area contributed by atoms with Crippen molar-refractivity contribution in [2.45, 2.75) is 17.4 Å². The van der Waals surface area contributed by atoms with Crippen LogP contribution in [-0.2, 0) is 17.4 Å². The van der Waals surface area contributed by atoms with Crippen LogP contribution in [0.2, 0.25) is 0 Å². The first-order chi connectivity index (χ1) is 45.7. The summed E-state index contributed by atoms with van der Waals surface area (Å²) < 4.78 is 0. The van der Waals surface area contributed by atoms with E-state index in [1.54, 1.807) is 0 Å². The molecule has 2 unspecified atom stereocenters. The second-order valence-electron chi connectivity index (χ2n) is 29.8. The van der Waals surface area contributed by atoms with Gasteiger partial charge in [0.15, 0.2) is 11.3 Å². The lowest BCUT2D eigenvalue weighted by atomic mass is 9.53. The molecule has 0 bridgehead atoms. The molecule has 398 valence electrons. The lowest BCUT2D eigenvalue weighted by Crippen LogP contribution is -2.54. The predicted molar refractivity (Wildman–Crippen MR) is 377 cm³/mol. The van der Waals surface area contributed by atoms with Gasteiger partial charge in [0.1, 0.15) is 10.8 Å². The Bertz CT molecular complexity index is 8970. The molecule has 0 saturated carbocycles. The van der Waals surface area contributed by atoms with Crippen molar-refractivity contribution in [2.24, 2.45) is 10.1 Å². The largest absolute Gasteiger partial charge is 0.292 e. The number of hydrogen-bond acceptors (Lipinski definition) is 6. The number of fused-ring (bicyclic) bond motifs is 6. The Hall–Kier alpha value is -12.0. The molecule has 3 aliphatic carbocycles. The molecule has 2 atom stereocenters. The number of carbonyl (C=O) groups is 1. The summed E-state index contributed by atoms with van der Waals surface area (Å²) in [6.45, 7) is 0. The molecule has 92 heavy (non-hydrogen) atoms. The van der Waals surface area contributed by atoms with Crippen molar-refractivity contribution in [1.29, 1.82) is 0 Å². The molecule has 6 heteroatoms. The lowest BCUT2D eigenvalue weighted by Gasteiger charge is -2.50. The van der Waals surface area contributed by atoms with Gasteiger partial charge in [0.05, 0.1) is 17.1 Å². The van der Waals surface area contributed by atoms with Crippen LogP contribution in [0.25, 0.3) is 269 Å². The van der Waals surface area contributed by atoms with Gasteiger partial charge in [-0.1, -0.05) is 84.9 Å². The first-order valence-electron chi connectivity index (χ1n) is 32.8. The van der Waals surface area contributed by atoms with E-state index in [2.05, 4.69) is 90.4 Å². The van der Waals surface area contributed by atoms with Crippen molar-refractivity contribution in [2.75, 3.05) is 5.43 Å². The summed E-state index contributed by atoms with van der Waals surface area (Å²) in [5.74, 6) is 0.108. The fourth-order valence-electron chi connectivity index (χ4n) is 26.4. The van der Waals surface area contributed by atoms with E-state index in [0.717, 1.165) is 71.7 Å². The van der Waals surface area contributed by atoms with Gasteiger partial charge >= 0.3 is 0 Å². The Morgan fingerprint density at radius 2 is 0.717 bits per heavy atom. The summed E-state index contributed by atoms with van der Waals surface area (Å²) in [5, 5.41) is 72.9. The van der Waals surface area contributed by atoms with Gasteiger partial charge in [-0.3, -0.25) is 25.0 Å². The number of hydrogen-bond donors (Lipinski definition) is 1. The zero-order chi connectivity index (χ0) is 56.9. The van der Waals surface area contributed by atoms with Gasteiger partial charge in [0.2, 0.25) is 5.43 Å². The number of benzene rings is 20. The second kappa shape index (κ2) is 10.3. The van der Waals surface area contributed by atoms with Crippen molar-refractivity contribution in [3.63, 3.8) is 0 Å². The fraction of sp³-hybridized carbons (Fsp3) is 0.0349. The molecule has 6 nitrogen and oxygen atoms in total. The first kappa shape index (κ1) is 39.1. The zero-order valence-corrected chi connectivity index (χ0v) is 47.3. The number of aliphatic imine (C=N–C) groups is 1. The van der Waals surface area contributed by atoms with Crippen LogP contribution in [0.1, 0.15) is 55.0 Å². The summed E-state index contributed by atoms with van der Waals surface area (Å²) in [6, 6.07) is 38.2. The van der Waals surface area contributed by atoms with E-state index >= 15 is 9.59 Å². The third kappa shape index (κ3) is 2.67. The molecule has 4 aliphatic rings. The van der Waals surface area contributed by atoms with E-state index in [1.807, 2.05) is 30.5 Å². The van der Waals surface area contributed by atoms with Crippen LogP contribution < -0.4 is 16.2 Å². The second-order valence-corrected chi connectivity index (χ2v) is 29.8. The topological polar surface area (TPSA) is 83.8 Å². The molecule has 2 heterocycles. The summed E-state index contributed by atoms with van der Waals surface area (Å²) in [4.78, 5) is 49.4. The van der Waals surface area contributed by atoms with Crippen molar-refractivity contribution in [1.82, 2.24) is 4.98 Å². The maximum absolute atomic E-state index is 18.9. The number of pyridine rings is 1. The van der Waals surface area contributed by atoms with Gasteiger partial charge < -0.3 is 0 Å². The zero-order valence-electron chi connectivity index (χ0n) is 47.3. The normalized spacial score (nSPS) is 19.8. The van der Waals surface area contributed by atoms with Crippen LogP contribution in [0.3, 0.4) is 0 Å². The maximum Gasteiger partial charge on any atom is 0.214 e. The standard InChI is InChI=1S/C86H22N4O2/c91-82-77-72-67-47-41-34(76(72)81(82)90-89-23-16-8-3-9-17-23)29-24-20-25-28-27(24)31-36-33(29)40(41)46-48-42(36)44-38(31)39-32(28)37-35-30(25)84(92)85(22-14-6-2-7-15-22)79-74(35)69-64-43(37)45(39)50-49(44)53-52(48)54-51(46)59(47)63-61-57(54)58-55(53)56(50)60(64)65-62(58)66(61)71-73(68(63)67)78(77)86(26-18-10-11-19-87-26,80(79)75(71)70(65)69)88-83(85)21-12-4-1-5-13-21/h1-19,89H,20H2/b90-81+. The molecule has 1 aromatic heterocycles. The lowest BCUT2D eigenvalue weighted by molar-refractivity contribution is 0.0947. The van der Waals surface area contributed by atoms with E-state index in [0.29, 0.717) is 22.9 Å². The number of para-hydroxylation sites is 1. The quantitative estimate of drug-likeness (QED) is 0.137. The van der Waals surface area contributed by atoms with Crippen molar-refractivity contribution >= 4 is 286 Å². The highest BCUT2D eigenvalue weighted by Gasteiger charge is 2.64. The summed E-state index contributed by atoms with van der Waals surface area (Å²) in [6.07, 6.45) is 2.54. The number of Topliss-reactive ketones (excluding diaryl/α,β-unsaturated/α-hetero) is 1. The molecule has 0 fully saturated rings. The number of rotatable bonds is 5. The molecule has 0 saturated heterocycles. The number of carbonyl (C=O) groups excluding carboxylic acids is 1. The minimum atomic E-state index is -1.49. The monoisotopic (exact) mass is 1140 g/mol. The first-order valence-corrected chi connectivity index (χ1v) is 32.8. The van der Waals surface area contributed by atoms with E-state index in [4.69, 9.17) is 15.1 Å². The molecule has 1 N–H and O–H groups in total. The Morgan fingerprint density at radius 1 is 0.337 bits per heavy atom. The Labute approximate surface area is 507 Å². The average molecular weight is 1140 g/mol. The van der Waals surface area contributed by atoms with Gasteiger partial charge in [-0.15, -0.1) is 0 Å². The molecule has 0 radical (unpaired) electrons. The molecular weight excluding hydrogens is 1120 g/mol. The van der Waals surface area contributed by atoms with E-state index in [-0.39, 0.29) is 11.2 Å². The van der Waals surface area contributed by atoms with Crippen LogP contribution in [0.5, 0.6) is 0 Å². The van der Waals surface area contributed by atoms with Gasteiger partial charge in [-0.25, -0.2) is 0 Å². The molecule has 0 amide bonds. The van der Waals surface area contributed by atoms with Gasteiger partial charge in [0, 0.05) is 83.2 Å². The van der Waals surface area contributed by atoms with Crippen molar-refractivity contribution in [3.8, 4) is 0 Å². The third-order valence-corrected chi connectivity index (χ3v) is 27.9. The number of aromatic nitrogens is 1. The van der Waals surface area contributed by atoms with Gasteiger partial charge in [-0.05, 0) is 268 Å². The van der Waals surface area contributed by atoms with Crippen LogP contribution in [0.4, 0.5) is 5.69 Å². The number of nitrogens with zero attached hydrogens (tertiary/aromatic N) is 3. The smallest absolute Gasteiger partial charge is 0.214 e. The SMILES string of the molecule is O=C1c2c3c4c5c(c6c7c8/c(=N\Nc9ccccc9)c(=O)c9c%10c%11c%12c%13c%14c(c%15c2c2c4c4c%16c5c5c6c6c7c7c(c98)c%11c8c9c%12c%11c%12c%13c%15c%13c2c4c2c(c%13%12)c4c%11c9c9c(c87)c6c6c5c%16c2c4c69)C1(c1ccccc1)C(c1ccccc1)=NC%14%10c1ccccn1)C3. The highest BCUT2D eigenvalue weighted by Crippen LogP contribution is 2.79. The van der Waals surface area contributed by atoms with Crippen molar-refractivity contribution < 1.29 is 4.79 Å². The van der Waals surface area contributed by atoms with E-state index < -0.39 is 11.0 Å². The Kier molecular flexibility index (Phi) is 4.38. The highest BCUT2D eigenvalue weighted by molar-refractivity contribution is 6.80. The Balaban J connectivity index is 1.06. The number of nitrogens with one attached hydrogen (secondary N) is 1. The fourth-order valence-corrected chi connectivity index (χ4v) is 26.4. The molecule has 29 aromatic carbocycles. The number of ketones is 1. The molecular formula is C86H22N4O2. The minimum absolute atomic E-state index is 0.0902. The molecule has 34 rings (SSSR count). The molecule has 1 aliphatic heterocycles. The molecule has 30 aromatic rings. The van der Waals surface area contributed by atoms with E-state index in [1.165, 1.54) is 248 Å². The summed E-state index contributed by atoms with van der Waals surface area (Å²) in [7, 11) is 0. The van der Waals surface area contributed by atoms with Gasteiger partial charge in [-0.2, -0.15) is 5.10 Å². The third-order valence-electron chi connectivity index (χ3n) is 27.9. The van der Waals surface area contributed by atoms with E-state index in [9.17, 15) is 0 Å². The van der Waals surface area contributed by atoms with Gasteiger partial charge in [0.25, 0.3) is 0 Å². The summed E-state index contributed by atoms with van der Waals surface area (Å²) in [5.41, 5.74) is 10.9. The number of anilines is 1. The Morgan fingerprint density at radius 3 is 1.22 bits per heavy atom. The average Bonchev–Trinajstić information content (AvgIpc) is 1.38. The predicted octanol–water partition coefficient (Wildman–Crippen LogP) is 19.6. The summed E-state index contributed by atoms with van der Waals surface area (Å²) >= 11 is 0. The van der Waals surface area contributed by atoms with Crippen LogP contribution in [0.15, 0.2) is 130 Å². The van der Waals surface area contributed by atoms with Crippen LogP contribution in [0, 0.1) is 0 Å². The van der Waals surface area contributed by atoms with Crippen LogP contribution >= 0.6 is 0 Å². The highest BCUT2D eigenvalue weighted by atomic mass is 16.1. The van der Waals surface area contributed by atoms with Crippen LogP contribution in [-0.4, -0.2) is 16.5 Å². The minimum Gasteiger partial charge on any atom is -0.292 e. The van der Waals surface area contributed by atoms with Crippen molar-refractivity contribution in [3.05, 3.63) is 181 Å².